The average molecular weight is 646 g/mol. The Bertz CT molecular complexity index is 1860. The number of ketones is 1. The van der Waals surface area contributed by atoms with E-state index in [2.05, 4.69) is 0 Å². The largest absolute Gasteiger partial charge is 0.507 e. The maximum absolute atomic E-state index is 13.5. The molecule has 0 saturated heterocycles. The summed E-state index contributed by atoms with van der Waals surface area (Å²) < 4.78 is 28.1. The Balaban J connectivity index is 1.42. The summed E-state index contributed by atoms with van der Waals surface area (Å²) in [5.74, 6) is -0.425. The maximum atomic E-state index is 13.5. The van der Waals surface area contributed by atoms with Crippen LogP contribution in [-0.2, 0) is 13.0 Å². The third-order valence-electron chi connectivity index (χ3n) is 8.79. The molecule has 2 aliphatic rings. The van der Waals surface area contributed by atoms with Crippen LogP contribution in [0, 0.1) is 0 Å². The van der Waals surface area contributed by atoms with Gasteiger partial charge in [0.25, 0.3) is 0 Å². The number of nitrogens with zero attached hydrogens (tertiary/aromatic N) is 1. The van der Waals surface area contributed by atoms with Crippen molar-refractivity contribution in [1.29, 1.82) is 0 Å². The molecular formula is C35H35NO11. The summed E-state index contributed by atoms with van der Waals surface area (Å²) in [7, 11) is 6.23. The van der Waals surface area contributed by atoms with Crippen molar-refractivity contribution in [2.24, 2.45) is 0 Å². The highest BCUT2D eigenvalue weighted by molar-refractivity contribution is 6.06. The third-order valence-corrected chi connectivity index (χ3v) is 8.79. The van der Waals surface area contributed by atoms with Gasteiger partial charge >= 0.3 is 0 Å². The van der Waals surface area contributed by atoms with Crippen molar-refractivity contribution in [3.05, 3.63) is 88.0 Å². The van der Waals surface area contributed by atoms with Crippen LogP contribution in [0.15, 0.2) is 54.6 Å². The van der Waals surface area contributed by atoms with Gasteiger partial charge in [-0.2, -0.15) is 0 Å². The number of Topliss-reactive ketones (excluding diaryl/α,β-unsaturated/α-hetero) is 1. The Hall–Kier alpha value is -5.33. The number of fused-ring (bicyclic) bond motifs is 2. The summed E-state index contributed by atoms with van der Waals surface area (Å²) in [4.78, 5) is 15.5. The molecule has 0 aromatic heterocycles. The van der Waals surface area contributed by atoms with Crippen LogP contribution in [0.1, 0.15) is 50.3 Å². The van der Waals surface area contributed by atoms with Gasteiger partial charge in [-0.3, -0.25) is 9.69 Å². The van der Waals surface area contributed by atoms with Gasteiger partial charge in [-0.05, 0) is 65.1 Å². The van der Waals surface area contributed by atoms with Crippen molar-refractivity contribution in [1.82, 2.24) is 4.90 Å². The van der Waals surface area contributed by atoms with Crippen LogP contribution in [0.5, 0.6) is 51.7 Å². The van der Waals surface area contributed by atoms with E-state index in [0.717, 1.165) is 16.7 Å². The summed E-state index contributed by atoms with van der Waals surface area (Å²) in [6.07, 6.45) is -2.39. The molecule has 0 aliphatic carbocycles. The Kier molecular flexibility index (Phi) is 8.39. The molecule has 246 valence electrons. The van der Waals surface area contributed by atoms with Crippen LogP contribution in [0.3, 0.4) is 0 Å². The first-order chi connectivity index (χ1) is 22.6. The molecule has 12 heteroatoms. The number of methoxy groups -OCH3 is 4. The van der Waals surface area contributed by atoms with E-state index in [1.54, 1.807) is 34.5 Å². The number of aliphatic hydroxyl groups excluding tert-OH is 1. The minimum absolute atomic E-state index is 0.0103. The van der Waals surface area contributed by atoms with E-state index in [1.807, 2.05) is 29.2 Å². The predicted molar refractivity (Wildman–Crippen MR) is 168 cm³/mol. The summed E-state index contributed by atoms with van der Waals surface area (Å²) in [6.45, 7) is 0.507. The Labute approximate surface area is 270 Å². The Morgan fingerprint density at radius 1 is 0.766 bits per heavy atom. The number of phenols is 4. The van der Waals surface area contributed by atoms with Crippen LogP contribution in [0.4, 0.5) is 0 Å². The van der Waals surface area contributed by atoms with Gasteiger partial charge in [-0.25, -0.2) is 0 Å². The van der Waals surface area contributed by atoms with Crippen LogP contribution in [-0.4, -0.2) is 77.3 Å². The predicted octanol–water partition coefficient (Wildman–Crippen LogP) is 4.37. The summed E-state index contributed by atoms with van der Waals surface area (Å²) in [5.41, 5.74) is 2.79. The molecule has 0 radical (unpaired) electrons. The summed E-state index contributed by atoms with van der Waals surface area (Å²) in [5, 5.41) is 53.3. The smallest absolute Gasteiger partial charge is 0.202 e. The van der Waals surface area contributed by atoms with E-state index in [4.69, 9.17) is 23.7 Å². The normalized spacial score (nSPS) is 18.9. The molecule has 0 fully saturated rings. The molecule has 0 saturated carbocycles. The van der Waals surface area contributed by atoms with Crippen molar-refractivity contribution in [3.63, 3.8) is 0 Å². The molecule has 5 N–H and O–H groups in total. The highest BCUT2D eigenvalue weighted by Gasteiger charge is 2.41. The summed E-state index contributed by atoms with van der Waals surface area (Å²) >= 11 is 0. The van der Waals surface area contributed by atoms with E-state index in [9.17, 15) is 30.3 Å². The van der Waals surface area contributed by atoms with Crippen molar-refractivity contribution in [3.8, 4) is 51.7 Å². The number of hydrogen-bond donors (Lipinski definition) is 5. The van der Waals surface area contributed by atoms with Crippen molar-refractivity contribution in [2.75, 3.05) is 35.0 Å². The van der Waals surface area contributed by atoms with Crippen molar-refractivity contribution in [2.45, 2.75) is 31.2 Å². The highest BCUT2D eigenvalue weighted by Crippen LogP contribution is 2.48. The molecule has 2 heterocycles. The maximum Gasteiger partial charge on any atom is 0.202 e. The molecule has 0 spiro atoms. The molecule has 12 nitrogen and oxygen atoms in total. The lowest BCUT2D eigenvalue weighted by Gasteiger charge is -2.39. The molecule has 0 bridgehead atoms. The highest BCUT2D eigenvalue weighted by atomic mass is 16.5. The second-order valence-corrected chi connectivity index (χ2v) is 11.3. The SMILES string of the molecule is COc1ccc(C2c3cc(OC)c(OC)cc3CCN2Cc2c(O)cc3c(c2O)C(=O)C(O)C(c2ccc(O)c(O)c2)O3)cc1OC. The molecule has 3 unspecified atom stereocenters. The van der Waals surface area contributed by atoms with E-state index in [0.29, 0.717) is 36.0 Å². The van der Waals surface area contributed by atoms with Gasteiger partial charge in [0.1, 0.15) is 22.8 Å². The fourth-order valence-corrected chi connectivity index (χ4v) is 6.40. The monoisotopic (exact) mass is 645 g/mol. The average Bonchev–Trinajstić information content (AvgIpc) is 3.08. The first kappa shape index (κ1) is 31.6. The van der Waals surface area contributed by atoms with E-state index in [1.165, 1.54) is 24.3 Å². The van der Waals surface area contributed by atoms with Crippen LogP contribution < -0.4 is 23.7 Å². The number of ether oxygens (including phenoxy) is 5. The van der Waals surface area contributed by atoms with Gasteiger partial charge in [-0.1, -0.05) is 12.1 Å². The molecule has 0 amide bonds. The van der Waals surface area contributed by atoms with E-state index in [-0.39, 0.29) is 40.5 Å². The first-order valence-corrected chi connectivity index (χ1v) is 14.8. The topological polar surface area (TPSA) is 168 Å². The molecule has 47 heavy (non-hydrogen) atoms. The Morgan fingerprint density at radius 3 is 2.11 bits per heavy atom. The summed E-state index contributed by atoms with van der Waals surface area (Å²) in [6, 6.07) is 14.0. The van der Waals surface area contributed by atoms with Crippen molar-refractivity contribution >= 4 is 5.78 Å². The number of aromatic hydroxyl groups is 4. The molecule has 3 atom stereocenters. The van der Waals surface area contributed by atoms with Crippen molar-refractivity contribution < 1.29 is 54.0 Å². The number of carbonyl (C=O) groups is 1. The van der Waals surface area contributed by atoms with Gasteiger partial charge in [0, 0.05) is 19.2 Å². The lowest BCUT2D eigenvalue weighted by atomic mass is 9.86. The minimum atomic E-state index is -1.74. The number of hydrogen-bond acceptors (Lipinski definition) is 12. The van der Waals surface area contributed by atoms with E-state index < -0.39 is 35.5 Å². The van der Waals surface area contributed by atoms with Crippen LogP contribution in [0.2, 0.25) is 0 Å². The van der Waals surface area contributed by atoms with Crippen LogP contribution >= 0.6 is 0 Å². The zero-order valence-corrected chi connectivity index (χ0v) is 26.2. The Morgan fingerprint density at radius 2 is 1.43 bits per heavy atom. The fourth-order valence-electron chi connectivity index (χ4n) is 6.40. The van der Waals surface area contributed by atoms with Crippen LogP contribution in [0.25, 0.3) is 0 Å². The number of rotatable bonds is 8. The number of phenolic OH excluding ortho intramolecular Hbond substituents is 4. The second-order valence-electron chi connectivity index (χ2n) is 11.3. The third kappa shape index (κ3) is 5.45. The standard InChI is InChI=1S/C35H35NO11/c1-43-25-8-6-18(13-26(25)44-2)31-20-14-28(46-4)27(45-3)12-17(20)9-10-36(31)16-21-23(38)15-29-30(32(21)40)33(41)34(42)35(47-29)19-5-7-22(37)24(39)11-19/h5-8,11-15,31,34-35,37-40,42H,9-10,16H2,1-4H3. The fraction of sp³-hybridized carbons (Fsp3) is 0.286. The molecule has 6 rings (SSSR count). The second kappa shape index (κ2) is 12.5. The quantitative estimate of drug-likeness (QED) is 0.172. The van der Waals surface area contributed by atoms with E-state index >= 15 is 0 Å². The molecule has 2 aliphatic heterocycles. The molecule has 4 aromatic rings. The molecular weight excluding hydrogens is 610 g/mol. The van der Waals surface area contributed by atoms with Gasteiger partial charge in [0.2, 0.25) is 5.78 Å². The lowest BCUT2D eigenvalue weighted by Crippen LogP contribution is -2.37. The number of benzene rings is 4. The number of aliphatic hydroxyl groups is 1. The first-order valence-electron chi connectivity index (χ1n) is 14.8. The zero-order chi connectivity index (χ0) is 33.6. The van der Waals surface area contributed by atoms with Gasteiger partial charge in [-0.15, -0.1) is 0 Å². The van der Waals surface area contributed by atoms with Gasteiger partial charge in [0.15, 0.2) is 46.7 Å². The lowest BCUT2D eigenvalue weighted by molar-refractivity contribution is 0.0209. The van der Waals surface area contributed by atoms with Gasteiger partial charge < -0.3 is 49.2 Å². The number of carbonyl (C=O) groups excluding carboxylic acids is 1. The van der Waals surface area contributed by atoms with Gasteiger partial charge in [0.05, 0.1) is 40.0 Å². The zero-order valence-electron chi connectivity index (χ0n) is 26.2. The molecule has 4 aromatic carbocycles. The minimum Gasteiger partial charge on any atom is -0.507 e.